The van der Waals surface area contributed by atoms with Gasteiger partial charge in [0, 0.05) is 12.5 Å². The molecule has 0 amide bonds. The van der Waals surface area contributed by atoms with E-state index in [-0.39, 0.29) is 29.2 Å². The number of quaternary nitrogens is 1. The smallest absolute Gasteiger partial charge is 0.334 e. The lowest BCUT2D eigenvalue weighted by molar-refractivity contribution is -0.917. The molecule has 0 spiro atoms. The van der Waals surface area contributed by atoms with Crippen molar-refractivity contribution in [3.05, 3.63) is 12.7 Å². The number of hydrogen-bond donors (Lipinski definition) is 0. The Balaban J connectivity index is 0. The summed E-state index contributed by atoms with van der Waals surface area (Å²) >= 11 is 0. The lowest BCUT2D eigenvalue weighted by Crippen LogP contribution is -3.00. The average Bonchev–Trinajstić information content (AvgIpc) is 2.01. The van der Waals surface area contributed by atoms with Crippen LogP contribution in [0.25, 0.3) is 0 Å². The van der Waals surface area contributed by atoms with Crippen molar-refractivity contribution in [1.29, 1.82) is 0 Å². The van der Waals surface area contributed by atoms with Crippen LogP contribution in [0.15, 0.2) is 12.7 Å². The monoisotopic (exact) mass is 265 g/mol. The second-order valence-corrected chi connectivity index (χ2v) is 4.00. The molecule has 0 aromatic carbocycles. The third-order valence-corrected chi connectivity index (χ3v) is 1.82. The minimum atomic E-state index is -0.341. The normalized spacial score (nSPS) is 12.6. The molecular formula is C10H20BrNO2. The van der Waals surface area contributed by atoms with Crippen molar-refractivity contribution in [1.82, 2.24) is 0 Å². The van der Waals surface area contributed by atoms with Gasteiger partial charge in [0.1, 0.15) is 0 Å². The van der Waals surface area contributed by atoms with E-state index in [1.54, 1.807) is 0 Å². The Morgan fingerprint density at radius 1 is 1.50 bits per heavy atom. The molecular weight excluding hydrogens is 246 g/mol. The SMILES string of the molecule is C=CC(=O)OC(CCC)[N+](C)(C)C.[Br-]. The van der Waals surface area contributed by atoms with Crippen LogP contribution in [0.4, 0.5) is 0 Å². The summed E-state index contributed by atoms with van der Waals surface area (Å²) in [6.45, 7) is 5.45. The number of carbonyl (C=O) groups excluding carboxylic acids is 1. The molecule has 84 valence electrons. The predicted molar refractivity (Wildman–Crippen MR) is 53.0 cm³/mol. The lowest BCUT2D eigenvalue weighted by Gasteiger charge is -2.32. The van der Waals surface area contributed by atoms with E-state index in [0.29, 0.717) is 4.48 Å². The van der Waals surface area contributed by atoms with Crippen LogP contribution >= 0.6 is 0 Å². The summed E-state index contributed by atoms with van der Waals surface area (Å²) in [5, 5.41) is 0. The third-order valence-electron chi connectivity index (χ3n) is 1.82. The van der Waals surface area contributed by atoms with Crippen LogP contribution in [-0.4, -0.2) is 37.8 Å². The first kappa shape index (κ1) is 16.1. The molecule has 0 saturated heterocycles. The van der Waals surface area contributed by atoms with Crippen LogP contribution < -0.4 is 17.0 Å². The summed E-state index contributed by atoms with van der Waals surface area (Å²) in [4.78, 5) is 11.0. The maximum absolute atomic E-state index is 11.0. The van der Waals surface area contributed by atoms with Gasteiger partial charge in [0.05, 0.1) is 21.1 Å². The summed E-state index contributed by atoms with van der Waals surface area (Å²) in [6, 6.07) is 0. The van der Waals surface area contributed by atoms with Gasteiger partial charge in [-0.15, -0.1) is 0 Å². The zero-order chi connectivity index (χ0) is 10.5. The van der Waals surface area contributed by atoms with E-state index in [1.807, 2.05) is 21.1 Å². The second kappa shape index (κ2) is 7.01. The first-order chi connectivity index (χ1) is 5.91. The highest BCUT2D eigenvalue weighted by Gasteiger charge is 2.25. The van der Waals surface area contributed by atoms with Gasteiger partial charge in [-0.25, -0.2) is 4.79 Å². The van der Waals surface area contributed by atoms with Gasteiger partial charge in [-0.3, -0.25) is 4.48 Å². The predicted octanol–water partition coefficient (Wildman–Crippen LogP) is -1.45. The van der Waals surface area contributed by atoms with Crippen LogP contribution in [0.3, 0.4) is 0 Å². The Bertz CT molecular complexity index is 187. The Kier molecular flexibility index (Phi) is 8.06. The van der Waals surface area contributed by atoms with Gasteiger partial charge in [0.15, 0.2) is 0 Å². The molecule has 0 aromatic heterocycles. The summed E-state index contributed by atoms with van der Waals surface area (Å²) in [5.74, 6) is -0.341. The fraction of sp³-hybridized carbons (Fsp3) is 0.700. The molecule has 0 bridgehead atoms. The van der Waals surface area contributed by atoms with Crippen LogP contribution in [0.1, 0.15) is 19.8 Å². The Morgan fingerprint density at radius 3 is 2.29 bits per heavy atom. The molecule has 0 aliphatic rings. The fourth-order valence-electron chi connectivity index (χ4n) is 1.03. The maximum atomic E-state index is 11.0. The van der Waals surface area contributed by atoms with Crippen molar-refractivity contribution in [2.75, 3.05) is 21.1 Å². The minimum Gasteiger partial charge on any atom is -1.00 e. The third kappa shape index (κ3) is 6.16. The van der Waals surface area contributed by atoms with E-state index in [2.05, 4.69) is 13.5 Å². The molecule has 1 unspecified atom stereocenters. The van der Waals surface area contributed by atoms with Gasteiger partial charge in [0.2, 0.25) is 6.23 Å². The van der Waals surface area contributed by atoms with Crippen molar-refractivity contribution in [3.63, 3.8) is 0 Å². The highest BCUT2D eigenvalue weighted by atomic mass is 79.9. The summed E-state index contributed by atoms with van der Waals surface area (Å²) in [6.07, 6.45) is 3.02. The van der Waals surface area contributed by atoms with E-state index in [4.69, 9.17) is 4.74 Å². The van der Waals surface area contributed by atoms with Gasteiger partial charge < -0.3 is 21.7 Å². The van der Waals surface area contributed by atoms with Crippen molar-refractivity contribution in [2.24, 2.45) is 0 Å². The van der Waals surface area contributed by atoms with Crippen molar-refractivity contribution >= 4 is 5.97 Å². The molecule has 0 radical (unpaired) electrons. The number of nitrogens with zero attached hydrogens (tertiary/aromatic N) is 1. The highest BCUT2D eigenvalue weighted by Crippen LogP contribution is 2.11. The number of halogens is 1. The Hall–Kier alpha value is -0.350. The number of rotatable bonds is 5. The van der Waals surface area contributed by atoms with Crippen LogP contribution in [0.5, 0.6) is 0 Å². The fourth-order valence-corrected chi connectivity index (χ4v) is 1.03. The standard InChI is InChI=1S/C10H20NO2.BrH/c1-6-8-9(11(3,4)5)13-10(12)7-2;/h7,9H,2,6,8H2,1,3-5H3;1H/q+1;/p-1. The zero-order valence-electron chi connectivity index (χ0n) is 9.42. The molecule has 0 fully saturated rings. The molecule has 4 heteroatoms. The summed E-state index contributed by atoms with van der Waals surface area (Å²) < 4.78 is 5.85. The second-order valence-electron chi connectivity index (χ2n) is 4.00. The van der Waals surface area contributed by atoms with Gasteiger partial charge >= 0.3 is 5.97 Å². The van der Waals surface area contributed by atoms with Gasteiger partial charge in [-0.2, -0.15) is 0 Å². The molecule has 0 rings (SSSR count). The molecule has 0 N–H and O–H groups in total. The zero-order valence-corrected chi connectivity index (χ0v) is 11.0. The van der Waals surface area contributed by atoms with E-state index in [9.17, 15) is 4.79 Å². The van der Waals surface area contributed by atoms with Gasteiger partial charge in [-0.1, -0.05) is 13.5 Å². The molecule has 0 heterocycles. The van der Waals surface area contributed by atoms with Crippen LogP contribution in [0, 0.1) is 0 Å². The largest absolute Gasteiger partial charge is 1.00 e. The number of hydrogen-bond acceptors (Lipinski definition) is 2. The topological polar surface area (TPSA) is 26.3 Å². The van der Waals surface area contributed by atoms with E-state index < -0.39 is 0 Å². The molecule has 3 nitrogen and oxygen atoms in total. The first-order valence-corrected chi connectivity index (χ1v) is 4.56. The molecule has 0 aromatic rings. The maximum Gasteiger partial charge on any atom is 0.334 e. The van der Waals surface area contributed by atoms with Gasteiger partial charge in [-0.05, 0) is 6.42 Å². The molecule has 0 aliphatic heterocycles. The van der Waals surface area contributed by atoms with Crippen molar-refractivity contribution in [3.8, 4) is 0 Å². The molecule has 1 atom stereocenters. The van der Waals surface area contributed by atoms with E-state index in [1.165, 1.54) is 6.08 Å². The summed E-state index contributed by atoms with van der Waals surface area (Å²) in [5.41, 5.74) is 0. The van der Waals surface area contributed by atoms with Crippen LogP contribution in [-0.2, 0) is 9.53 Å². The number of ether oxygens (including phenoxy) is 1. The Labute approximate surface area is 97.1 Å². The lowest BCUT2D eigenvalue weighted by atomic mass is 10.2. The van der Waals surface area contributed by atoms with Crippen molar-refractivity contribution < 1.29 is 31.0 Å². The molecule has 0 saturated carbocycles. The van der Waals surface area contributed by atoms with Crippen LogP contribution in [0.2, 0.25) is 0 Å². The molecule has 0 aliphatic carbocycles. The summed E-state index contributed by atoms with van der Waals surface area (Å²) in [7, 11) is 6.03. The number of esters is 1. The first-order valence-electron chi connectivity index (χ1n) is 4.56. The number of carbonyl (C=O) groups is 1. The average molecular weight is 266 g/mol. The molecule has 14 heavy (non-hydrogen) atoms. The van der Waals surface area contributed by atoms with E-state index >= 15 is 0 Å². The quantitative estimate of drug-likeness (QED) is 0.263. The Morgan fingerprint density at radius 2 is 2.00 bits per heavy atom. The van der Waals surface area contributed by atoms with Crippen molar-refractivity contribution in [2.45, 2.75) is 26.0 Å². The minimum absolute atomic E-state index is 0. The van der Waals surface area contributed by atoms with E-state index in [0.717, 1.165) is 12.8 Å². The van der Waals surface area contributed by atoms with Gasteiger partial charge in [0.25, 0.3) is 0 Å². The highest BCUT2D eigenvalue weighted by molar-refractivity contribution is 5.81.